The van der Waals surface area contributed by atoms with E-state index in [1.807, 2.05) is 0 Å². The standard InChI is InChI=1S/C10H15N3O2S3/c1-2-12-3-4-13-6-8(12)7-5-9(18(11,14)15)16-10(7)17-13/h5,8H,2-4,6H2,1H3,(H2,11,14,15). The van der Waals surface area contributed by atoms with Crippen molar-refractivity contribution in [2.24, 2.45) is 5.14 Å². The van der Waals surface area contributed by atoms with E-state index in [0.29, 0.717) is 6.04 Å². The zero-order valence-electron chi connectivity index (χ0n) is 10.00. The fourth-order valence-corrected chi connectivity index (χ4v) is 5.98. The number of hydrogen-bond donors (Lipinski definition) is 1. The number of fused-ring (bicyclic) bond motifs is 4. The van der Waals surface area contributed by atoms with E-state index >= 15 is 0 Å². The van der Waals surface area contributed by atoms with Crippen molar-refractivity contribution >= 4 is 33.3 Å². The van der Waals surface area contributed by atoms with Crippen molar-refractivity contribution in [1.82, 2.24) is 9.21 Å². The monoisotopic (exact) mass is 305 g/mol. The predicted molar refractivity (Wildman–Crippen MR) is 73.1 cm³/mol. The Morgan fingerprint density at radius 1 is 1.50 bits per heavy atom. The highest BCUT2D eigenvalue weighted by molar-refractivity contribution is 7.99. The molecule has 2 aliphatic heterocycles. The maximum Gasteiger partial charge on any atom is 0.247 e. The van der Waals surface area contributed by atoms with Crippen LogP contribution in [0, 0.1) is 0 Å². The molecule has 0 aromatic carbocycles. The normalized spacial score (nSPS) is 28.1. The fraction of sp³-hybridized carbons (Fsp3) is 0.600. The molecule has 5 nitrogen and oxygen atoms in total. The van der Waals surface area contributed by atoms with E-state index in [1.54, 1.807) is 18.0 Å². The third-order valence-corrected chi connectivity index (χ3v) is 7.24. The van der Waals surface area contributed by atoms with Gasteiger partial charge >= 0.3 is 0 Å². The Morgan fingerprint density at radius 2 is 2.28 bits per heavy atom. The first-order valence-electron chi connectivity index (χ1n) is 5.82. The van der Waals surface area contributed by atoms with Crippen molar-refractivity contribution in [2.45, 2.75) is 21.4 Å². The van der Waals surface area contributed by atoms with Crippen molar-refractivity contribution in [3.63, 3.8) is 0 Å². The molecule has 0 saturated carbocycles. The van der Waals surface area contributed by atoms with Gasteiger partial charge < -0.3 is 0 Å². The average molecular weight is 305 g/mol. The van der Waals surface area contributed by atoms with Crippen molar-refractivity contribution in [3.05, 3.63) is 11.6 Å². The molecule has 2 unspecified atom stereocenters. The largest absolute Gasteiger partial charge is 0.294 e. The molecule has 1 fully saturated rings. The molecule has 0 aliphatic carbocycles. The highest BCUT2D eigenvalue weighted by Gasteiger charge is 2.36. The molecule has 1 saturated heterocycles. The van der Waals surface area contributed by atoms with E-state index < -0.39 is 10.0 Å². The van der Waals surface area contributed by atoms with Crippen LogP contribution in [-0.2, 0) is 10.0 Å². The van der Waals surface area contributed by atoms with Crippen molar-refractivity contribution < 1.29 is 8.42 Å². The Morgan fingerprint density at radius 3 is 2.94 bits per heavy atom. The van der Waals surface area contributed by atoms with Crippen LogP contribution in [0.3, 0.4) is 0 Å². The summed E-state index contributed by atoms with van der Waals surface area (Å²) in [5, 5.41) is 5.22. The van der Waals surface area contributed by atoms with E-state index in [9.17, 15) is 8.42 Å². The summed E-state index contributed by atoms with van der Waals surface area (Å²) in [4.78, 5) is 2.40. The van der Waals surface area contributed by atoms with Crippen LogP contribution in [0.4, 0.5) is 0 Å². The minimum absolute atomic E-state index is 0.282. The van der Waals surface area contributed by atoms with Gasteiger partial charge in [0.15, 0.2) is 0 Å². The number of sulfonamides is 1. The molecule has 1 aromatic heterocycles. The minimum atomic E-state index is -3.58. The second-order valence-electron chi connectivity index (χ2n) is 4.48. The first-order chi connectivity index (χ1) is 8.49. The number of primary sulfonamides is 1. The Bertz CT molecular complexity index is 569. The summed E-state index contributed by atoms with van der Waals surface area (Å²) in [5.41, 5.74) is 1.13. The smallest absolute Gasteiger partial charge is 0.247 e. The maximum atomic E-state index is 11.4. The second-order valence-corrected chi connectivity index (χ2v) is 8.68. The molecule has 0 amide bonds. The highest BCUT2D eigenvalue weighted by atomic mass is 32.3. The number of rotatable bonds is 2. The predicted octanol–water partition coefficient (Wildman–Crippen LogP) is 1.09. The molecule has 8 heteroatoms. The van der Waals surface area contributed by atoms with Crippen LogP contribution in [0.1, 0.15) is 18.5 Å². The third kappa shape index (κ3) is 2.10. The molecule has 18 heavy (non-hydrogen) atoms. The van der Waals surface area contributed by atoms with Gasteiger partial charge in [0.1, 0.15) is 4.21 Å². The number of piperazine rings is 1. The van der Waals surface area contributed by atoms with Gasteiger partial charge in [-0.25, -0.2) is 17.9 Å². The van der Waals surface area contributed by atoms with Crippen LogP contribution in [0.25, 0.3) is 0 Å². The molecule has 0 spiro atoms. The molecule has 3 rings (SSSR count). The Labute approximate surface area is 115 Å². The lowest BCUT2D eigenvalue weighted by Crippen LogP contribution is -2.47. The van der Waals surface area contributed by atoms with Gasteiger partial charge in [0, 0.05) is 19.6 Å². The molecule has 100 valence electrons. The fourth-order valence-electron chi connectivity index (χ4n) is 2.48. The number of hydrogen-bond acceptors (Lipinski definition) is 6. The first kappa shape index (κ1) is 12.9. The Balaban J connectivity index is 2.05. The van der Waals surface area contributed by atoms with Crippen LogP contribution < -0.4 is 5.14 Å². The summed E-state index contributed by atoms with van der Waals surface area (Å²) in [6.07, 6.45) is 0. The molecule has 2 aliphatic rings. The topological polar surface area (TPSA) is 66.6 Å². The molecule has 2 atom stereocenters. The molecule has 1 aromatic rings. The first-order valence-corrected chi connectivity index (χ1v) is 8.96. The summed E-state index contributed by atoms with van der Waals surface area (Å²) in [6.45, 7) is 6.16. The summed E-state index contributed by atoms with van der Waals surface area (Å²) in [7, 11) is -3.58. The van der Waals surface area contributed by atoms with Crippen LogP contribution in [0.15, 0.2) is 14.5 Å². The molecule has 2 bridgehead atoms. The maximum absolute atomic E-state index is 11.4. The van der Waals surface area contributed by atoms with Crippen LogP contribution in [-0.4, -0.2) is 43.8 Å². The van der Waals surface area contributed by atoms with Gasteiger partial charge in [0.2, 0.25) is 10.0 Å². The average Bonchev–Trinajstić information content (AvgIpc) is 2.73. The third-order valence-electron chi connectivity index (χ3n) is 3.41. The molecule has 2 N–H and O–H groups in total. The van der Waals surface area contributed by atoms with Crippen molar-refractivity contribution in [3.8, 4) is 0 Å². The van der Waals surface area contributed by atoms with E-state index in [1.165, 1.54) is 11.3 Å². The second kappa shape index (κ2) is 4.46. The quantitative estimate of drug-likeness (QED) is 0.829. The van der Waals surface area contributed by atoms with Crippen LogP contribution >= 0.6 is 23.3 Å². The molecule has 0 radical (unpaired) electrons. The number of thiophene rings is 1. The van der Waals surface area contributed by atoms with Gasteiger partial charge in [0.05, 0.1) is 10.3 Å². The van der Waals surface area contributed by atoms with Gasteiger partial charge in [-0.3, -0.25) is 4.90 Å². The lowest BCUT2D eigenvalue weighted by atomic mass is 10.1. The number of nitrogens with zero attached hydrogens (tertiary/aromatic N) is 2. The van der Waals surface area contributed by atoms with Gasteiger partial charge in [-0.2, -0.15) is 0 Å². The summed E-state index contributed by atoms with van der Waals surface area (Å²) in [5.74, 6) is 0. The summed E-state index contributed by atoms with van der Waals surface area (Å²) >= 11 is 2.96. The zero-order chi connectivity index (χ0) is 12.9. The Hall–Kier alpha value is -0.120. The van der Waals surface area contributed by atoms with E-state index in [2.05, 4.69) is 16.1 Å². The van der Waals surface area contributed by atoms with Crippen molar-refractivity contribution in [2.75, 3.05) is 26.2 Å². The molecular weight excluding hydrogens is 290 g/mol. The number of nitrogens with two attached hydrogens (primary N) is 1. The highest BCUT2D eigenvalue weighted by Crippen LogP contribution is 2.46. The van der Waals surface area contributed by atoms with Crippen molar-refractivity contribution in [1.29, 1.82) is 0 Å². The molecular formula is C10H15N3O2S3. The van der Waals surface area contributed by atoms with Gasteiger partial charge in [0.25, 0.3) is 0 Å². The lowest BCUT2D eigenvalue weighted by Gasteiger charge is -2.43. The number of likely N-dealkylation sites (N-methyl/N-ethyl adjacent to an activating group) is 1. The van der Waals surface area contributed by atoms with Crippen LogP contribution in [0.2, 0.25) is 0 Å². The van der Waals surface area contributed by atoms with Crippen LogP contribution in [0.5, 0.6) is 0 Å². The lowest BCUT2D eigenvalue weighted by molar-refractivity contribution is 0.124. The van der Waals surface area contributed by atoms with Gasteiger partial charge in [-0.15, -0.1) is 11.3 Å². The van der Waals surface area contributed by atoms with Gasteiger partial charge in [-0.05, 0) is 30.1 Å². The minimum Gasteiger partial charge on any atom is -0.294 e. The Kier molecular flexibility index (Phi) is 3.20. The van der Waals surface area contributed by atoms with E-state index in [0.717, 1.165) is 36.0 Å². The SMILES string of the molecule is CCN1CCN2CC1c1cc(S(N)(=O)=O)sc1S2. The van der Waals surface area contributed by atoms with Gasteiger partial charge in [-0.1, -0.05) is 6.92 Å². The summed E-state index contributed by atoms with van der Waals surface area (Å²) < 4.78 is 26.6. The van der Waals surface area contributed by atoms with E-state index in [4.69, 9.17) is 5.14 Å². The molecule has 3 heterocycles. The summed E-state index contributed by atoms with van der Waals surface area (Å²) in [6, 6.07) is 2.07. The zero-order valence-corrected chi connectivity index (χ0v) is 12.4. The van der Waals surface area contributed by atoms with E-state index in [-0.39, 0.29) is 4.21 Å².